The van der Waals surface area contributed by atoms with E-state index in [1.54, 1.807) is 0 Å². The summed E-state index contributed by atoms with van der Waals surface area (Å²) in [5, 5.41) is 19.8. The van der Waals surface area contributed by atoms with Crippen molar-refractivity contribution in [2.45, 2.75) is 31.4 Å². The van der Waals surface area contributed by atoms with E-state index < -0.39 is 18.0 Å². The number of ether oxygens (including phenoxy) is 1. The molecule has 7 nitrogen and oxygen atoms in total. The van der Waals surface area contributed by atoms with Crippen LogP contribution in [0.3, 0.4) is 0 Å². The van der Waals surface area contributed by atoms with Crippen LogP contribution in [0.15, 0.2) is 41.8 Å². The second-order valence-corrected chi connectivity index (χ2v) is 6.31. The van der Waals surface area contributed by atoms with Crippen molar-refractivity contribution in [3.63, 3.8) is 0 Å². The fraction of sp³-hybridized carbons (Fsp3) is 0.444. The number of amides is 1. The van der Waals surface area contributed by atoms with E-state index in [1.807, 2.05) is 30.3 Å². The van der Waals surface area contributed by atoms with Gasteiger partial charge in [-0.1, -0.05) is 30.3 Å². The molecule has 1 aromatic rings. The Bertz CT molecular complexity index is 688. The minimum absolute atomic E-state index is 0.116. The van der Waals surface area contributed by atoms with Crippen molar-refractivity contribution in [3.8, 4) is 0 Å². The zero-order chi connectivity index (χ0) is 18.0. The van der Waals surface area contributed by atoms with Crippen LogP contribution in [0.2, 0.25) is 0 Å². The van der Waals surface area contributed by atoms with Gasteiger partial charge in [0, 0.05) is 13.0 Å². The number of nitrogens with two attached hydrogens (primary N) is 1. The quantitative estimate of drug-likeness (QED) is 0.590. The lowest BCUT2D eigenvalue weighted by atomic mass is 9.81. The number of carboxylic acid groups (broad SMARTS) is 1. The summed E-state index contributed by atoms with van der Waals surface area (Å²) in [5.41, 5.74) is 6.37. The molecule has 4 N–H and O–H groups in total. The molecular weight excluding hydrogens is 324 g/mol. The van der Waals surface area contributed by atoms with E-state index in [0.717, 1.165) is 5.56 Å². The first-order valence-electron chi connectivity index (χ1n) is 8.39. The Morgan fingerprint density at radius 3 is 2.72 bits per heavy atom. The second-order valence-electron chi connectivity index (χ2n) is 6.31. The monoisotopic (exact) mass is 346 g/mol. The van der Waals surface area contributed by atoms with Gasteiger partial charge in [-0.25, -0.2) is 4.79 Å². The largest absolute Gasteiger partial charge is 0.494 e. The van der Waals surface area contributed by atoms with E-state index in [1.165, 1.54) is 4.90 Å². The molecule has 3 atom stereocenters. The lowest BCUT2D eigenvalue weighted by Gasteiger charge is -2.45. The summed E-state index contributed by atoms with van der Waals surface area (Å²) in [7, 11) is 0. The number of aliphatic hydroxyl groups excluding tert-OH is 1. The molecule has 0 radical (unpaired) electrons. The predicted molar refractivity (Wildman–Crippen MR) is 89.2 cm³/mol. The predicted octanol–water partition coefficient (Wildman–Crippen LogP) is 0.482. The van der Waals surface area contributed by atoms with Crippen molar-refractivity contribution in [1.82, 2.24) is 4.90 Å². The van der Waals surface area contributed by atoms with E-state index in [4.69, 9.17) is 10.5 Å². The summed E-state index contributed by atoms with van der Waals surface area (Å²) < 4.78 is 5.41. The average molecular weight is 346 g/mol. The van der Waals surface area contributed by atoms with Crippen LogP contribution in [0.5, 0.6) is 0 Å². The zero-order valence-electron chi connectivity index (χ0n) is 13.8. The van der Waals surface area contributed by atoms with Gasteiger partial charge in [0.2, 0.25) is 5.91 Å². The second kappa shape index (κ2) is 7.25. The molecule has 0 saturated carbocycles. The lowest BCUT2D eigenvalue weighted by molar-refractivity contribution is -0.162. The Labute approximate surface area is 145 Å². The third-order valence-corrected chi connectivity index (χ3v) is 4.75. The summed E-state index contributed by atoms with van der Waals surface area (Å²) >= 11 is 0. The molecule has 0 aliphatic carbocycles. The molecule has 25 heavy (non-hydrogen) atoms. The standard InChI is InChI=1S/C18H22N2O5/c19-8-9-25-14-10-12-15(17(22)20(12)16(14)18(23)24)13(21)7-6-11-4-2-1-3-5-11/h1-5,12-13,15,21H,6-10,19H2,(H,23,24). The molecule has 0 bridgehead atoms. The first-order valence-corrected chi connectivity index (χ1v) is 8.39. The highest BCUT2D eigenvalue weighted by Crippen LogP contribution is 2.44. The number of aliphatic hydroxyl groups is 1. The van der Waals surface area contributed by atoms with Crippen molar-refractivity contribution in [2.75, 3.05) is 13.2 Å². The maximum atomic E-state index is 12.4. The van der Waals surface area contributed by atoms with Gasteiger partial charge in [0.1, 0.15) is 12.4 Å². The van der Waals surface area contributed by atoms with Gasteiger partial charge in [-0.05, 0) is 18.4 Å². The van der Waals surface area contributed by atoms with Crippen LogP contribution in [0, 0.1) is 5.92 Å². The summed E-state index contributed by atoms with van der Waals surface area (Å²) in [6.45, 7) is 0.459. The highest BCUT2D eigenvalue weighted by atomic mass is 16.5. The molecule has 3 rings (SSSR count). The van der Waals surface area contributed by atoms with Gasteiger partial charge in [-0.15, -0.1) is 0 Å². The smallest absolute Gasteiger partial charge is 0.356 e. The molecule has 0 spiro atoms. The number of benzene rings is 1. The van der Waals surface area contributed by atoms with Gasteiger partial charge < -0.3 is 20.7 Å². The van der Waals surface area contributed by atoms with Crippen LogP contribution in [-0.4, -0.2) is 52.3 Å². The third-order valence-electron chi connectivity index (χ3n) is 4.75. The van der Waals surface area contributed by atoms with Crippen LogP contribution in [0.25, 0.3) is 0 Å². The minimum Gasteiger partial charge on any atom is -0.494 e. The molecule has 2 heterocycles. The summed E-state index contributed by atoms with van der Waals surface area (Å²) in [6, 6.07) is 9.38. The van der Waals surface area contributed by atoms with Gasteiger partial charge in [0.25, 0.3) is 0 Å². The van der Waals surface area contributed by atoms with Gasteiger partial charge >= 0.3 is 5.97 Å². The average Bonchev–Trinajstić information content (AvgIpc) is 2.93. The molecule has 1 saturated heterocycles. The van der Waals surface area contributed by atoms with Gasteiger partial charge in [-0.3, -0.25) is 9.69 Å². The van der Waals surface area contributed by atoms with Crippen molar-refractivity contribution in [2.24, 2.45) is 11.7 Å². The van der Waals surface area contributed by atoms with Crippen LogP contribution in [0.4, 0.5) is 0 Å². The fourth-order valence-electron chi connectivity index (χ4n) is 3.57. The number of aryl methyl sites for hydroxylation is 1. The van der Waals surface area contributed by atoms with E-state index in [9.17, 15) is 19.8 Å². The van der Waals surface area contributed by atoms with Gasteiger partial charge in [0.15, 0.2) is 5.70 Å². The summed E-state index contributed by atoms with van der Waals surface area (Å²) in [5.74, 6) is -1.86. The van der Waals surface area contributed by atoms with Crippen LogP contribution in [-0.2, 0) is 20.7 Å². The normalized spacial score (nSPS) is 23.3. The number of carboxylic acids is 1. The number of rotatable bonds is 8. The Balaban J connectivity index is 1.65. The molecule has 1 amide bonds. The number of hydrogen-bond donors (Lipinski definition) is 3. The van der Waals surface area contributed by atoms with Gasteiger partial charge in [0.05, 0.1) is 18.1 Å². The minimum atomic E-state index is -1.19. The van der Waals surface area contributed by atoms with Crippen molar-refractivity contribution in [3.05, 3.63) is 47.4 Å². The maximum Gasteiger partial charge on any atom is 0.356 e. The molecule has 134 valence electrons. The van der Waals surface area contributed by atoms with E-state index in [-0.39, 0.29) is 36.6 Å². The number of fused-ring (bicyclic) bond motifs is 1. The van der Waals surface area contributed by atoms with Crippen LogP contribution >= 0.6 is 0 Å². The molecule has 1 fully saturated rings. The highest BCUT2D eigenvalue weighted by Gasteiger charge is 2.58. The number of carbonyl (C=O) groups excluding carboxylic acids is 1. The Morgan fingerprint density at radius 1 is 1.36 bits per heavy atom. The molecule has 1 aromatic carbocycles. The summed E-state index contributed by atoms with van der Waals surface area (Å²) in [6.07, 6.45) is 0.610. The molecule has 2 aliphatic heterocycles. The first kappa shape index (κ1) is 17.4. The SMILES string of the molecule is NCCOC1=C(C(=O)O)N2C(=O)C(C(O)CCc3ccccc3)C2C1. The molecule has 2 aliphatic rings. The number of aliphatic carboxylic acids is 1. The van der Waals surface area contributed by atoms with E-state index >= 15 is 0 Å². The number of nitrogens with zero attached hydrogens (tertiary/aromatic N) is 1. The maximum absolute atomic E-state index is 12.4. The van der Waals surface area contributed by atoms with E-state index in [0.29, 0.717) is 19.3 Å². The summed E-state index contributed by atoms with van der Waals surface area (Å²) in [4.78, 5) is 25.1. The lowest BCUT2D eigenvalue weighted by Crippen LogP contribution is -2.62. The number of β-lactam (4-membered cyclic amide) rings is 1. The Hall–Kier alpha value is -2.38. The fourth-order valence-corrected chi connectivity index (χ4v) is 3.57. The third kappa shape index (κ3) is 3.25. The molecule has 0 aromatic heterocycles. The van der Waals surface area contributed by atoms with Gasteiger partial charge in [-0.2, -0.15) is 0 Å². The van der Waals surface area contributed by atoms with Crippen molar-refractivity contribution in [1.29, 1.82) is 0 Å². The zero-order valence-corrected chi connectivity index (χ0v) is 13.8. The molecular formula is C18H22N2O5. The van der Waals surface area contributed by atoms with Crippen LogP contribution < -0.4 is 5.73 Å². The Morgan fingerprint density at radius 2 is 2.08 bits per heavy atom. The van der Waals surface area contributed by atoms with E-state index in [2.05, 4.69) is 0 Å². The number of carbonyl (C=O) groups is 2. The first-order chi connectivity index (χ1) is 12.0. The Kier molecular flexibility index (Phi) is 5.06. The van der Waals surface area contributed by atoms with Crippen molar-refractivity contribution < 1.29 is 24.5 Å². The number of hydrogen-bond acceptors (Lipinski definition) is 5. The van der Waals surface area contributed by atoms with Crippen molar-refractivity contribution >= 4 is 11.9 Å². The molecule has 3 unspecified atom stereocenters. The topological polar surface area (TPSA) is 113 Å². The molecule has 7 heteroatoms. The van der Waals surface area contributed by atoms with Crippen LogP contribution in [0.1, 0.15) is 18.4 Å². The highest BCUT2D eigenvalue weighted by molar-refractivity contribution is 5.99.